The molecule has 0 bridgehead atoms. The summed E-state index contributed by atoms with van der Waals surface area (Å²) in [6, 6.07) is 4.01. The first-order chi connectivity index (χ1) is 8.08. The Bertz CT molecular complexity index is 436. The van der Waals surface area contributed by atoms with Gasteiger partial charge in [-0.3, -0.25) is 4.99 Å². The van der Waals surface area contributed by atoms with E-state index in [1.807, 2.05) is 19.1 Å². The van der Waals surface area contributed by atoms with Gasteiger partial charge in [-0.1, -0.05) is 11.6 Å². The molecule has 0 amide bonds. The van der Waals surface area contributed by atoms with E-state index in [2.05, 4.69) is 34.5 Å². The summed E-state index contributed by atoms with van der Waals surface area (Å²) in [6.45, 7) is 5.66. The van der Waals surface area contributed by atoms with Crippen LogP contribution in [0, 0.1) is 10.5 Å². The molecule has 1 atom stereocenters. The number of aryl methyl sites for hydroxylation is 1. The van der Waals surface area contributed by atoms with Crippen LogP contribution in [-0.2, 0) is 11.2 Å². The van der Waals surface area contributed by atoms with Crippen LogP contribution in [0.2, 0.25) is 5.02 Å². The van der Waals surface area contributed by atoms with Crippen molar-refractivity contribution in [2.45, 2.75) is 26.4 Å². The second-order valence-corrected chi connectivity index (χ2v) is 5.87. The van der Waals surface area contributed by atoms with Crippen LogP contribution in [0.5, 0.6) is 0 Å². The van der Waals surface area contributed by atoms with E-state index in [4.69, 9.17) is 16.3 Å². The molecule has 0 N–H and O–H groups in total. The highest BCUT2D eigenvalue weighted by atomic mass is 127. The lowest BCUT2D eigenvalue weighted by molar-refractivity contribution is 0.0947. The van der Waals surface area contributed by atoms with E-state index in [1.54, 1.807) is 0 Å². The average Bonchev–Trinajstić information content (AvgIpc) is 2.25. The molecule has 1 heterocycles. The van der Waals surface area contributed by atoms with Crippen molar-refractivity contribution < 1.29 is 4.74 Å². The topological polar surface area (TPSA) is 21.6 Å². The molecular weight excluding hydrogens is 349 g/mol. The SMILES string of the molecule is CC1=NCCOC1Cc1c(C)cc(Cl)cc1I. The number of hydrogen-bond donors (Lipinski definition) is 0. The van der Waals surface area contributed by atoms with Gasteiger partial charge in [0, 0.05) is 20.7 Å². The Hall–Kier alpha value is -0.130. The van der Waals surface area contributed by atoms with Gasteiger partial charge in [-0.05, 0) is 59.7 Å². The standard InChI is InChI=1S/C13H15ClINO/c1-8-5-10(14)6-12(15)11(8)7-13-9(2)16-3-4-17-13/h5-6,13H,3-4,7H2,1-2H3. The molecule has 92 valence electrons. The molecule has 4 heteroatoms. The monoisotopic (exact) mass is 363 g/mol. The normalized spacial score (nSPS) is 20.2. The molecule has 1 unspecified atom stereocenters. The summed E-state index contributed by atoms with van der Waals surface area (Å²) < 4.78 is 6.97. The molecule has 2 nitrogen and oxygen atoms in total. The van der Waals surface area contributed by atoms with Crippen LogP contribution in [0.1, 0.15) is 18.1 Å². The Morgan fingerprint density at radius 3 is 2.88 bits per heavy atom. The van der Waals surface area contributed by atoms with Crippen molar-refractivity contribution in [3.05, 3.63) is 31.9 Å². The smallest absolute Gasteiger partial charge is 0.0990 e. The highest BCUT2D eigenvalue weighted by Gasteiger charge is 2.19. The molecule has 0 saturated carbocycles. The van der Waals surface area contributed by atoms with Gasteiger partial charge in [0.25, 0.3) is 0 Å². The summed E-state index contributed by atoms with van der Waals surface area (Å²) >= 11 is 8.37. The van der Waals surface area contributed by atoms with Gasteiger partial charge in [-0.25, -0.2) is 0 Å². The molecule has 0 radical (unpaired) electrons. The van der Waals surface area contributed by atoms with Crippen LogP contribution in [0.4, 0.5) is 0 Å². The number of hydrogen-bond acceptors (Lipinski definition) is 2. The maximum Gasteiger partial charge on any atom is 0.0990 e. The zero-order valence-corrected chi connectivity index (χ0v) is 12.9. The summed E-state index contributed by atoms with van der Waals surface area (Å²) in [6.07, 6.45) is 1.01. The molecular formula is C13H15ClINO. The Morgan fingerprint density at radius 2 is 2.24 bits per heavy atom. The Balaban J connectivity index is 2.24. The Kier molecular flexibility index (Phi) is 4.44. The van der Waals surface area contributed by atoms with Crippen LogP contribution < -0.4 is 0 Å². The van der Waals surface area contributed by atoms with Crippen molar-refractivity contribution in [3.8, 4) is 0 Å². The minimum Gasteiger partial charge on any atom is -0.370 e. The molecule has 1 aliphatic rings. The highest BCUT2D eigenvalue weighted by molar-refractivity contribution is 14.1. The lowest BCUT2D eigenvalue weighted by atomic mass is 10.00. The van der Waals surface area contributed by atoms with E-state index in [0.717, 1.165) is 30.3 Å². The van der Waals surface area contributed by atoms with E-state index in [9.17, 15) is 0 Å². The van der Waals surface area contributed by atoms with Gasteiger partial charge in [-0.2, -0.15) is 0 Å². The Labute approximate surface area is 121 Å². The first-order valence-electron chi connectivity index (χ1n) is 5.65. The number of rotatable bonds is 2. The maximum absolute atomic E-state index is 6.03. The maximum atomic E-state index is 6.03. The van der Waals surface area contributed by atoms with Crippen molar-refractivity contribution in [1.29, 1.82) is 0 Å². The third-order valence-corrected chi connectivity index (χ3v) is 4.19. The van der Waals surface area contributed by atoms with Gasteiger partial charge < -0.3 is 4.74 Å². The number of halogens is 2. The zero-order chi connectivity index (χ0) is 12.4. The van der Waals surface area contributed by atoms with E-state index >= 15 is 0 Å². The van der Waals surface area contributed by atoms with Gasteiger partial charge in [0.1, 0.15) is 0 Å². The predicted octanol–water partition coefficient (Wildman–Crippen LogP) is 3.66. The van der Waals surface area contributed by atoms with Crippen LogP contribution in [-0.4, -0.2) is 25.0 Å². The fourth-order valence-electron chi connectivity index (χ4n) is 2.02. The van der Waals surface area contributed by atoms with Crippen LogP contribution in [0.25, 0.3) is 0 Å². The van der Waals surface area contributed by atoms with Gasteiger partial charge in [0.2, 0.25) is 0 Å². The lowest BCUT2D eigenvalue weighted by Crippen LogP contribution is -2.30. The largest absolute Gasteiger partial charge is 0.370 e. The summed E-state index contributed by atoms with van der Waals surface area (Å²) in [5.41, 5.74) is 3.64. The second kappa shape index (κ2) is 5.67. The number of nitrogens with zero attached hydrogens (tertiary/aromatic N) is 1. The quantitative estimate of drug-likeness (QED) is 0.735. The molecule has 0 spiro atoms. The number of benzene rings is 1. The van der Waals surface area contributed by atoms with Crippen LogP contribution >= 0.6 is 34.2 Å². The minimum absolute atomic E-state index is 0.122. The van der Waals surface area contributed by atoms with Crippen molar-refractivity contribution in [2.24, 2.45) is 4.99 Å². The fourth-order valence-corrected chi connectivity index (χ4v) is 3.46. The molecule has 1 aromatic carbocycles. The van der Waals surface area contributed by atoms with Crippen molar-refractivity contribution in [2.75, 3.05) is 13.2 Å². The molecule has 1 aliphatic heterocycles. The van der Waals surface area contributed by atoms with Crippen LogP contribution in [0.15, 0.2) is 17.1 Å². The van der Waals surface area contributed by atoms with Crippen molar-refractivity contribution >= 4 is 39.9 Å². The summed E-state index contributed by atoms with van der Waals surface area (Å²) in [7, 11) is 0. The fraction of sp³-hybridized carbons (Fsp3) is 0.462. The van der Waals surface area contributed by atoms with Gasteiger partial charge in [0.15, 0.2) is 0 Å². The molecule has 17 heavy (non-hydrogen) atoms. The second-order valence-electron chi connectivity index (χ2n) is 4.27. The molecule has 0 fully saturated rings. The molecule has 0 saturated heterocycles. The van der Waals surface area contributed by atoms with Crippen molar-refractivity contribution in [3.63, 3.8) is 0 Å². The molecule has 1 aromatic rings. The third kappa shape index (κ3) is 3.20. The first-order valence-corrected chi connectivity index (χ1v) is 7.10. The summed E-state index contributed by atoms with van der Waals surface area (Å²) in [4.78, 5) is 4.45. The summed E-state index contributed by atoms with van der Waals surface area (Å²) in [5, 5.41) is 0.797. The van der Waals surface area contributed by atoms with Gasteiger partial charge in [-0.15, -0.1) is 0 Å². The predicted molar refractivity (Wildman–Crippen MR) is 80.3 cm³/mol. The highest BCUT2D eigenvalue weighted by Crippen LogP contribution is 2.24. The van der Waals surface area contributed by atoms with E-state index in [-0.39, 0.29) is 6.10 Å². The van der Waals surface area contributed by atoms with E-state index < -0.39 is 0 Å². The van der Waals surface area contributed by atoms with E-state index in [1.165, 1.54) is 14.7 Å². The summed E-state index contributed by atoms with van der Waals surface area (Å²) in [5.74, 6) is 0. The van der Waals surface area contributed by atoms with Gasteiger partial charge in [0.05, 0.1) is 19.3 Å². The third-order valence-electron chi connectivity index (χ3n) is 3.01. The molecule has 2 rings (SSSR count). The molecule has 0 aromatic heterocycles. The zero-order valence-electron chi connectivity index (χ0n) is 9.96. The minimum atomic E-state index is 0.122. The van der Waals surface area contributed by atoms with Gasteiger partial charge >= 0.3 is 0 Å². The lowest BCUT2D eigenvalue weighted by Gasteiger charge is -2.23. The van der Waals surface area contributed by atoms with Crippen molar-refractivity contribution in [1.82, 2.24) is 0 Å². The first kappa shape index (κ1) is 13.3. The average molecular weight is 364 g/mol. The molecule has 0 aliphatic carbocycles. The number of ether oxygens (including phenoxy) is 1. The number of aliphatic imine (C=N–C) groups is 1. The van der Waals surface area contributed by atoms with Crippen LogP contribution in [0.3, 0.4) is 0 Å². The Morgan fingerprint density at radius 1 is 1.47 bits per heavy atom. The van der Waals surface area contributed by atoms with E-state index in [0.29, 0.717) is 0 Å².